The number of nitrogens with zero attached hydrogens (tertiary/aromatic N) is 1. The first kappa shape index (κ1) is 14.4. The zero-order chi connectivity index (χ0) is 15.0. The van der Waals surface area contributed by atoms with Crippen molar-refractivity contribution >= 4 is 11.6 Å². The average molecular weight is 287 g/mol. The highest BCUT2D eigenvalue weighted by molar-refractivity contribution is 5.85. The lowest BCUT2D eigenvalue weighted by atomic mass is 9.91. The first-order valence-electron chi connectivity index (χ1n) is 7.88. The van der Waals surface area contributed by atoms with Crippen LogP contribution in [-0.4, -0.2) is 30.6 Å². The van der Waals surface area contributed by atoms with Gasteiger partial charge in [0, 0.05) is 24.8 Å². The van der Waals surface area contributed by atoms with Crippen LogP contribution < -0.4 is 16.0 Å². The van der Waals surface area contributed by atoms with Crippen LogP contribution >= 0.6 is 0 Å². The molecule has 1 fully saturated rings. The number of para-hydroxylation sites is 1. The van der Waals surface area contributed by atoms with E-state index in [0.717, 1.165) is 25.8 Å². The molecule has 2 unspecified atom stereocenters. The summed E-state index contributed by atoms with van der Waals surface area (Å²) in [5.41, 5.74) is 7.65. The first-order chi connectivity index (χ1) is 9.98. The number of amides is 1. The summed E-state index contributed by atoms with van der Waals surface area (Å²) in [6, 6.07) is 8.95. The lowest BCUT2D eigenvalue weighted by Crippen LogP contribution is -2.61. The zero-order valence-corrected chi connectivity index (χ0v) is 12.9. The molecule has 114 valence electrons. The molecule has 2 aliphatic rings. The number of carbonyl (C=O) groups excluding carboxylic acids is 1. The lowest BCUT2D eigenvalue weighted by molar-refractivity contribution is -0.123. The Hall–Kier alpha value is -1.55. The van der Waals surface area contributed by atoms with Gasteiger partial charge >= 0.3 is 0 Å². The van der Waals surface area contributed by atoms with Gasteiger partial charge in [0.25, 0.3) is 0 Å². The van der Waals surface area contributed by atoms with Crippen molar-refractivity contribution in [2.45, 2.75) is 44.7 Å². The summed E-state index contributed by atoms with van der Waals surface area (Å²) in [5.74, 6) is 0.336. The van der Waals surface area contributed by atoms with Crippen molar-refractivity contribution < 1.29 is 4.79 Å². The van der Waals surface area contributed by atoms with Crippen molar-refractivity contribution in [3.63, 3.8) is 0 Å². The zero-order valence-electron chi connectivity index (χ0n) is 12.9. The van der Waals surface area contributed by atoms with E-state index in [9.17, 15) is 4.79 Å². The van der Waals surface area contributed by atoms with Gasteiger partial charge in [0.2, 0.25) is 5.91 Å². The normalized spacial score (nSPS) is 24.3. The quantitative estimate of drug-likeness (QED) is 0.866. The summed E-state index contributed by atoms with van der Waals surface area (Å²) in [5, 5.41) is 3.44. The maximum absolute atomic E-state index is 12.0. The highest BCUT2D eigenvalue weighted by Gasteiger charge is 2.39. The molecule has 1 heterocycles. The second kappa shape index (κ2) is 5.34. The van der Waals surface area contributed by atoms with Crippen LogP contribution in [0.4, 0.5) is 5.69 Å². The Morgan fingerprint density at radius 3 is 2.81 bits per heavy atom. The van der Waals surface area contributed by atoms with Crippen LogP contribution in [0.5, 0.6) is 0 Å². The molecular weight excluding hydrogens is 262 g/mol. The Morgan fingerprint density at radius 2 is 2.14 bits per heavy atom. The molecule has 3 N–H and O–H groups in total. The topological polar surface area (TPSA) is 58.4 Å². The molecule has 0 radical (unpaired) electrons. The second-order valence-corrected chi connectivity index (χ2v) is 6.93. The third kappa shape index (κ3) is 3.05. The number of rotatable bonds is 5. The van der Waals surface area contributed by atoms with E-state index in [4.69, 9.17) is 5.73 Å². The smallest absolute Gasteiger partial charge is 0.239 e. The number of anilines is 1. The SMILES string of the molecule is CC1Cc2ccccc2N(CC(C)(NC2CC2)C(N)=O)C1. The Labute approximate surface area is 126 Å². The molecule has 1 aliphatic heterocycles. The maximum Gasteiger partial charge on any atom is 0.239 e. The highest BCUT2D eigenvalue weighted by Crippen LogP contribution is 2.31. The third-order valence-corrected chi connectivity index (χ3v) is 4.58. The fourth-order valence-corrected chi connectivity index (χ4v) is 3.31. The van der Waals surface area contributed by atoms with Crippen molar-refractivity contribution in [2.24, 2.45) is 11.7 Å². The Balaban J connectivity index is 1.83. The van der Waals surface area contributed by atoms with Crippen molar-refractivity contribution in [2.75, 3.05) is 18.0 Å². The average Bonchev–Trinajstić information content (AvgIpc) is 3.22. The van der Waals surface area contributed by atoms with Gasteiger partial charge in [0.1, 0.15) is 5.54 Å². The van der Waals surface area contributed by atoms with E-state index in [-0.39, 0.29) is 5.91 Å². The fraction of sp³-hybridized carbons (Fsp3) is 0.588. The van der Waals surface area contributed by atoms with E-state index in [1.807, 2.05) is 6.92 Å². The van der Waals surface area contributed by atoms with Crippen molar-refractivity contribution in [1.82, 2.24) is 5.32 Å². The molecule has 4 nitrogen and oxygen atoms in total. The predicted octanol–water partition coefficient (Wildman–Crippen LogP) is 1.68. The van der Waals surface area contributed by atoms with Crippen molar-refractivity contribution in [1.29, 1.82) is 0 Å². The van der Waals surface area contributed by atoms with Gasteiger partial charge in [-0.1, -0.05) is 25.1 Å². The molecule has 0 saturated heterocycles. The largest absolute Gasteiger partial charge is 0.369 e. The molecule has 1 aromatic carbocycles. The van der Waals surface area contributed by atoms with Crippen LogP contribution in [0.3, 0.4) is 0 Å². The number of carbonyl (C=O) groups is 1. The van der Waals surface area contributed by atoms with Crippen LogP contribution in [0.25, 0.3) is 0 Å². The number of hydrogen-bond acceptors (Lipinski definition) is 3. The van der Waals surface area contributed by atoms with E-state index in [0.29, 0.717) is 18.5 Å². The number of primary amides is 1. The Kier molecular flexibility index (Phi) is 3.66. The summed E-state index contributed by atoms with van der Waals surface area (Å²) in [6.45, 7) is 5.82. The van der Waals surface area contributed by atoms with Crippen LogP contribution in [0.15, 0.2) is 24.3 Å². The van der Waals surface area contributed by atoms with Crippen LogP contribution in [0.2, 0.25) is 0 Å². The van der Waals surface area contributed by atoms with Gasteiger partial charge in [0.15, 0.2) is 0 Å². The molecule has 2 atom stereocenters. The molecule has 1 aliphatic carbocycles. The summed E-state index contributed by atoms with van der Waals surface area (Å²) >= 11 is 0. The second-order valence-electron chi connectivity index (χ2n) is 6.93. The number of fused-ring (bicyclic) bond motifs is 1. The molecular formula is C17H25N3O. The van der Waals surface area contributed by atoms with Gasteiger partial charge in [-0.2, -0.15) is 0 Å². The highest BCUT2D eigenvalue weighted by atomic mass is 16.1. The molecule has 1 aromatic rings. The summed E-state index contributed by atoms with van der Waals surface area (Å²) in [4.78, 5) is 14.3. The molecule has 1 amide bonds. The van der Waals surface area contributed by atoms with Crippen LogP contribution in [0.1, 0.15) is 32.3 Å². The van der Waals surface area contributed by atoms with Gasteiger partial charge < -0.3 is 10.6 Å². The Bertz CT molecular complexity index is 541. The molecule has 21 heavy (non-hydrogen) atoms. The van der Waals surface area contributed by atoms with Gasteiger partial charge in [0.05, 0.1) is 0 Å². The molecule has 3 rings (SSSR count). The van der Waals surface area contributed by atoms with Gasteiger partial charge in [-0.15, -0.1) is 0 Å². The van der Waals surface area contributed by atoms with Crippen molar-refractivity contribution in [3.05, 3.63) is 29.8 Å². The van der Waals surface area contributed by atoms with E-state index >= 15 is 0 Å². The minimum absolute atomic E-state index is 0.259. The standard InChI is InChI=1S/C17H25N3O/c1-12-9-13-5-3-4-6-15(13)20(10-12)11-17(2,16(18)21)19-14-7-8-14/h3-6,12,14,19H,7-11H2,1-2H3,(H2,18,21). The summed E-state index contributed by atoms with van der Waals surface area (Å²) in [6.07, 6.45) is 3.40. The minimum atomic E-state index is -0.661. The van der Waals surface area contributed by atoms with Crippen LogP contribution in [0, 0.1) is 5.92 Å². The predicted molar refractivity (Wildman–Crippen MR) is 85.3 cm³/mol. The molecule has 1 saturated carbocycles. The summed E-state index contributed by atoms with van der Waals surface area (Å²) < 4.78 is 0. The fourth-order valence-electron chi connectivity index (χ4n) is 3.31. The lowest BCUT2D eigenvalue weighted by Gasteiger charge is -2.40. The minimum Gasteiger partial charge on any atom is -0.369 e. The van der Waals surface area contributed by atoms with Gasteiger partial charge in [-0.05, 0) is 43.7 Å². The maximum atomic E-state index is 12.0. The van der Waals surface area contributed by atoms with E-state index in [2.05, 4.69) is 41.4 Å². The Morgan fingerprint density at radius 1 is 1.43 bits per heavy atom. The van der Waals surface area contributed by atoms with Gasteiger partial charge in [-0.25, -0.2) is 0 Å². The van der Waals surface area contributed by atoms with E-state index in [1.165, 1.54) is 11.3 Å². The molecule has 0 spiro atoms. The third-order valence-electron chi connectivity index (χ3n) is 4.58. The summed E-state index contributed by atoms with van der Waals surface area (Å²) in [7, 11) is 0. The first-order valence-corrected chi connectivity index (χ1v) is 7.88. The number of hydrogen-bond donors (Lipinski definition) is 2. The molecule has 4 heteroatoms. The molecule has 0 bridgehead atoms. The number of nitrogens with two attached hydrogens (primary N) is 1. The molecule has 0 aromatic heterocycles. The van der Waals surface area contributed by atoms with Gasteiger partial charge in [-0.3, -0.25) is 10.1 Å². The van der Waals surface area contributed by atoms with Crippen LogP contribution in [-0.2, 0) is 11.2 Å². The van der Waals surface area contributed by atoms with E-state index < -0.39 is 5.54 Å². The van der Waals surface area contributed by atoms with E-state index in [1.54, 1.807) is 0 Å². The number of benzene rings is 1. The van der Waals surface area contributed by atoms with Crippen molar-refractivity contribution in [3.8, 4) is 0 Å². The number of nitrogens with one attached hydrogen (secondary N) is 1. The monoisotopic (exact) mass is 287 g/mol.